The van der Waals surface area contributed by atoms with Gasteiger partial charge < -0.3 is 10.0 Å². The molecule has 0 spiro atoms. The number of halogens is 3. The summed E-state index contributed by atoms with van der Waals surface area (Å²) in [5.41, 5.74) is 0.171. The average molecular weight is 247 g/mol. The summed E-state index contributed by atoms with van der Waals surface area (Å²) in [5, 5.41) is 8.67. The molecule has 1 N–H and O–H groups in total. The number of hydrogen-bond donors (Lipinski definition) is 1. The van der Waals surface area contributed by atoms with E-state index in [1.165, 1.54) is 12.1 Å². The maximum atomic E-state index is 12.2. The number of aliphatic hydroxyl groups is 1. The summed E-state index contributed by atoms with van der Waals surface area (Å²) in [5.74, 6) is -0.739. The lowest BCUT2D eigenvalue weighted by Crippen LogP contribution is -2.40. The Labute approximate surface area is 96.5 Å². The molecule has 0 heterocycles. The quantitative estimate of drug-likeness (QED) is 0.879. The second kappa shape index (κ2) is 5.67. The first kappa shape index (κ1) is 13.5. The van der Waals surface area contributed by atoms with Crippen molar-refractivity contribution in [2.75, 3.05) is 19.7 Å². The van der Waals surface area contributed by atoms with Gasteiger partial charge in [0.1, 0.15) is 6.54 Å². The zero-order chi connectivity index (χ0) is 12.9. The lowest BCUT2D eigenvalue weighted by atomic mass is 10.2. The Morgan fingerprint density at radius 2 is 1.82 bits per heavy atom. The Hall–Kier alpha value is -1.56. The van der Waals surface area contributed by atoms with Gasteiger partial charge in [-0.3, -0.25) is 4.79 Å². The molecule has 3 nitrogen and oxygen atoms in total. The number of rotatable bonds is 4. The number of carbonyl (C=O) groups is 1. The highest BCUT2D eigenvalue weighted by Gasteiger charge is 2.32. The molecule has 1 aromatic rings. The van der Waals surface area contributed by atoms with Crippen LogP contribution in [-0.2, 0) is 0 Å². The molecule has 0 bridgehead atoms. The van der Waals surface area contributed by atoms with Crippen molar-refractivity contribution >= 4 is 5.91 Å². The van der Waals surface area contributed by atoms with Crippen molar-refractivity contribution in [1.29, 1.82) is 0 Å². The number of benzene rings is 1. The van der Waals surface area contributed by atoms with E-state index in [2.05, 4.69) is 0 Å². The molecule has 1 amide bonds. The Kier molecular flexibility index (Phi) is 4.51. The van der Waals surface area contributed by atoms with Crippen LogP contribution in [0.2, 0.25) is 0 Å². The standard InChI is InChI=1S/C11H12F3NO2/c12-11(13,14)8-15(6-7-16)10(17)9-4-2-1-3-5-9/h1-5,16H,6-8H2. The SMILES string of the molecule is O=C(c1ccccc1)N(CCO)CC(F)(F)F. The summed E-state index contributed by atoms with van der Waals surface area (Å²) < 4.78 is 36.7. The van der Waals surface area contributed by atoms with Crippen molar-refractivity contribution in [3.8, 4) is 0 Å². The van der Waals surface area contributed by atoms with E-state index in [1.807, 2.05) is 0 Å². The van der Waals surface area contributed by atoms with E-state index < -0.39 is 25.2 Å². The van der Waals surface area contributed by atoms with Gasteiger partial charge in [-0.25, -0.2) is 0 Å². The Morgan fingerprint density at radius 1 is 1.24 bits per heavy atom. The van der Waals surface area contributed by atoms with Crippen LogP contribution < -0.4 is 0 Å². The smallest absolute Gasteiger partial charge is 0.395 e. The molecule has 94 valence electrons. The van der Waals surface area contributed by atoms with Crippen molar-refractivity contribution in [3.05, 3.63) is 35.9 Å². The minimum absolute atomic E-state index is 0.171. The molecule has 1 aromatic carbocycles. The monoisotopic (exact) mass is 247 g/mol. The Bertz CT molecular complexity index is 365. The van der Waals surface area contributed by atoms with E-state index in [4.69, 9.17) is 5.11 Å². The molecule has 6 heteroatoms. The largest absolute Gasteiger partial charge is 0.406 e. The van der Waals surface area contributed by atoms with Gasteiger partial charge in [-0.1, -0.05) is 18.2 Å². The molecule has 0 aliphatic heterocycles. The first-order chi connectivity index (χ1) is 7.94. The van der Waals surface area contributed by atoms with Crippen molar-refractivity contribution in [2.45, 2.75) is 6.18 Å². The Balaban J connectivity index is 2.81. The van der Waals surface area contributed by atoms with Gasteiger partial charge in [0.15, 0.2) is 0 Å². The molecule has 0 aromatic heterocycles. The summed E-state index contributed by atoms with van der Waals surface area (Å²) in [6.45, 7) is -2.21. The van der Waals surface area contributed by atoms with Gasteiger partial charge in [-0.05, 0) is 12.1 Å². The molecule has 0 atom stereocenters. The van der Waals surface area contributed by atoms with E-state index >= 15 is 0 Å². The third kappa shape index (κ3) is 4.44. The van der Waals surface area contributed by atoms with E-state index in [0.29, 0.717) is 4.90 Å². The number of alkyl halides is 3. The van der Waals surface area contributed by atoms with Crippen LogP contribution in [0.1, 0.15) is 10.4 Å². The summed E-state index contributed by atoms with van der Waals surface area (Å²) in [6.07, 6.45) is -4.47. The predicted molar refractivity (Wildman–Crippen MR) is 55.5 cm³/mol. The molecule has 0 unspecified atom stereocenters. The first-order valence-corrected chi connectivity index (χ1v) is 4.96. The van der Waals surface area contributed by atoms with E-state index in [9.17, 15) is 18.0 Å². The lowest BCUT2D eigenvalue weighted by Gasteiger charge is -2.23. The number of carbonyl (C=O) groups excluding carboxylic acids is 1. The molecular formula is C11H12F3NO2. The second-order valence-electron chi connectivity index (χ2n) is 3.43. The fourth-order valence-corrected chi connectivity index (χ4v) is 1.35. The molecular weight excluding hydrogens is 235 g/mol. The van der Waals surface area contributed by atoms with E-state index in [-0.39, 0.29) is 12.1 Å². The maximum absolute atomic E-state index is 12.2. The van der Waals surface area contributed by atoms with Crippen LogP contribution in [0.4, 0.5) is 13.2 Å². The van der Waals surface area contributed by atoms with Crippen LogP contribution in [0.5, 0.6) is 0 Å². The number of hydrogen-bond acceptors (Lipinski definition) is 2. The predicted octanol–water partition coefficient (Wildman–Crippen LogP) is 1.68. The van der Waals surface area contributed by atoms with Crippen LogP contribution in [-0.4, -0.2) is 41.8 Å². The number of aliphatic hydroxyl groups excluding tert-OH is 1. The highest BCUT2D eigenvalue weighted by atomic mass is 19.4. The van der Waals surface area contributed by atoms with Gasteiger partial charge in [0.25, 0.3) is 5.91 Å². The van der Waals surface area contributed by atoms with Crippen LogP contribution in [0.25, 0.3) is 0 Å². The van der Waals surface area contributed by atoms with Gasteiger partial charge >= 0.3 is 6.18 Å². The summed E-state index contributed by atoms with van der Waals surface area (Å²) in [4.78, 5) is 12.3. The molecule has 0 aliphatic carbocycles. The first-order valence-electron chi connectivity index (χ1n) is 4.96. The van der Waals surface area contributed by atoms with Crippen LogP contribution in [0.3, 0.4) is 0 Å². The maximum Gasteiger partial charge on any atom is 0.406 e. The van der Waals surface area contributed by atoms with E-state index in [1.54, 1.807) is 18.2 Å². The van der Waals surface area contributed by atoms with Gasteiger partial charge in [0.2, 0.25) is 0 Å². The Morgan fingerprint density at radius 3 is 2.29 bits per heavy atom. The second-order valence-corrected chi connectivity index (χ2v) is 3.43. The van der Waals surface area contributed by atoms with Gasteiger partial charge in [0, 0.05) is 12.1 Å². The van der Waals surface area contributed by atoms with Crippen LogP contribution in [0, 0.1) is 0 Å². The fourth-order valence-electron chi connectivity index (χ4n) is 1.35. The molecule has 0 saturated carbocycles. The van der Waals surface area contributed by atoms with Crippen molar-refractivity contribution in [3.63, 3.8) is 0 Å². The van der Waals surface area contributed by atoms with Gasteiger partial charge in [-0.15, -0.1) is 0 Å². The van der Waals surface area contributed by atoms with Crippen molar-refractivity contribution < 1.29 is 23.1 Å². The highest BCUT2D eigenvalue weighted by molar-refractivity contribution is 5.94. The number of nitrogens with zero attached hydrogens (tertiary/aromatic N) is 1. The average Bonchev–Trinajstić information content (AvgIpc) is 2.27. The zero-order valence-corrected chi connectivity index (χ0v) is 8.94. The molecule has 17 heavy (non-hydrogen) atoms. The molecule has 1 rings (SSSR count). The van der Waals surface area contributed by atoms with Crippen LogP contribution >= 0.6 is 0 Å². The number of amides is 1. The molecule has 0 radical (unpaired) electrons. The lowest BCUT2D eigenvalue weighted by molar-refractivity contribution is -0.141. The normalized spacial score (nSPS) is 11.3. The summed E-state index contributed by atoms with van der Waals surface area (Å²) in [6, 6.07) is 7.67. The molecule has 0 aliphatic rings. The minimum atomic E-state index is -4.47. The zero-order valence-electron chi connectivity index (χ0n) is 8.94. The fraction of sp³-hybridized carbons (Fsp3) is 0.364. The molecule has 0 saturated heterocycles. The van der Waals surface area contributed by atoms with Crippen LogP contribution in [0.15, 0.2) is 30.3 Å². The summed E-state index contributed by atoms with van der Waals surface area (Å²) >= 11 is 0. The van der Waals surface area contributed by atoms with E-state index in [0.717, 1.165) is 0 Å². The molecule has 0 fully saturated rings. The topological polar surface area (TPSA) is 40.5 Å². The third-order valence-electron chi connectivity index (χ3n) is 2.05. The van der Waals surface area contributed by atoms with Gasteiger partial charge in [0.05, 0.1) is 6.61 Å². The van der Waals surface area contributed by atoms with Gasteiger partial charge in [-0.2, -0.15) is 13.2 Å². The minimum Gasteiger partial charge on any atom is -0.395 e. The highest BCUT2D eigenvalue weighted by Crippen LogP contribution is 2.17. The van der Waals surface area contributed by atoms with Crippen molar-refractivity contribution in [1.82, 2.24) is 4.90 Å². The van der Waals surface area contributed by atoms with Crippen molar-refractivity contribution in [2.24, 2.45) is 0 Å². The third-order valence-corrected chi connectivity index (χ3v) is 2.05. The summed E-state index contributed by atoms with van der Waals surface area (Å²) in [7, 11) is 0.